The zero-order valence-electron chi connectivity index (χ0n) is 3.77. The number of nitrogens with two attached hydrogens (primary N) is 1. The average molecular weight is 153 g/mol. The van der Waals surface area contributed by atoms with Gasteiger partial charge in [0.05, 0.1) is 0 Å². The van der Waals surface area contributed by atoms with Gasteiger partial charge in [0.15, 0.2) is 0 Å². The van der Waals surface area contributed by atoms with Gasteiger partial charge in [0.25, 0.3) is 0 Å². The first-order chi connectivity index (χ1) is 2.00. The van der Waals surface area contributed by atoms with Crippen LogP contribution in [0.25, 0.3) is 6.15 Å². The molecule has 0 aliphatic carbocycles. The van der Waals surface area contributed by atoms with Crippen LogP contribution in [0, 0.1) is 0 Å². The number of hydrogen-bond donors (Lipinski definition) is 3. The van der Waals surface area contributed by atoms with Gasteiger partial charge in [-0.2, -0.15) is 0 Å². The van der Waals surface area contributed by atoms with Crippen molar-refractivity contribution in [3.8, 4) is 0 Å². The molecule has 0 aliphatic rings. The van der Waals surface area contributed by atoms with Gasteiger partial charge in [-0.05, 0) is 0 Å². The van der Waals surface area contributed by atoms with E-state index in [1.165, 1.54) is 0 Å². The molecule has 0 fully saturated rings. The van der Waals surface area contributed by atoms with Crippen LogP contribution >= 0.6 is 7.82 Å². The molecule has 0 saturated heterocycles. The monoisotopic (exact) mass is 153 g/mol. The summed E-state index contributed by atoms with van der Waals surface area (Å²) in [5.41, 5.74) is 0. The fourth-order valence-electron chi connectivity index (χ4n) is 0. The zero-order chi connectivity index (χ0) is 4.50. The van der Waals surface area contributed by atoms with E-state index in [4.69, 9.17) is 19.2 Å². The Bertz CT molecular complexity index is 57.8. The van der Waals surface area contributed by atoms with Crippen molar-refractivity contribution in [3.63, 3.8) is 0 Å². The van der Waals surface area contributed by atoms with Gasteiger partial charge < -0.3 is 20.8 Å². The molecule has 0 radical (unpaired) electrons. The summed E-state index contributed by atoms with van der Waals surface area (Å²) in [5.74, 6) is 0. The zero-order valence-corrected chi connectivity index (χ0v) is 7.79. The van der Waals surface area contributed by atoms with Crippen molar-refractivity contribution in [2.75, 3.05) is 0 Å². The van der Waals surface area contributed by atoms with E-state index in [2.05, 4.69) is 0 Å². The van der Waals surface area contributed by atoms with Crippen molar-refractivity contribution in [2.45, 2.75) is 0 Å². The summed E-state index contributed by atoms with van der Waals surface area (Å²) >= 11 is 0. The first kappa shape index (κ1) is 15.9. The van der Waals surface area contributed by atoms with E-state index in [0.29, 0.717) is 0 Å². The number of phosphoric acid groups is 1. The summed E-state index contributed by atoms with van der Waals surface area (Å²) in [6.07, 6.45) is 0. The van der Waals surface area contributed by atoms with E-state index < -0.39 is 7.82 Å². The van der Waals surface area contributed by atoms with Crippen LogP contribution < -0.4 is 51.4 Å². The van der Waals surface area contributed by atoms with Crippen molar-refractivity contribution in [1.82, 2.24) is 0 Å². The summed E-state index contributed by atoms with van der Waals surface area (Å²) < 4.78 is 8.88. The molecule has 7 heavy (non-hydrogen) atoms. The van der Waals surface area contributed by atoms with Gasteiger partial charge in [-0.3, -0.25) is 0 Å². The van der Waals surface area contributed by atoms with Crippen molar-refractivity contribution < 1.29 is 70.6 Å². The Balaban J connectivity index is -0.0000000800. The molecule has 0 aromatic carbocycles. The van der Waals surface area contributed by atoms with Gasteiger partial charge in [0.1, 0.15) is 0 Å². The van der Waals surface area contributed by atoms with Crippen LogP contribution in [-0.4, -0.2) is 14.7 Å². The largest absolute Gasteiger partial charge is 1.00 e. The molecule has 7 heteroatoms. The standard InChI is InChI=1S/K.H2N.H3O4P/c;;1-5(2,3)4/h;1H2;(H3,1,2,3,4)/q+1;-1;. The molecule has 0 heterocycles. The normalized spacial score (nSPS) is 8.43. The number of hydrogen-bond acceptors (Lipinski definition) is 1. The van der Waals surface area contributed by atoms with Gasteiger partial charge in [0, 0.05) is 0 Å². The second kappa shape index (κ2) is 5.84. The van der Waals surface area contributed by atoms with Crippen LogP contribution in [0.2, 0.25) is 0 Å². The fourth-order valence-corrected chi connectivity index (χ4v) is 0. The minimum absolute atomic E-state index is 0. The number of rotatable bonds is 0. The Morgan fingerprint density at radius 1 is 1.14 bits per heavy atom. The molecule has 5 nitrogen and oxygen atoms in total. The Hall–Kier alpha value is 1.71. The first-order valence-corrected chi connectivity index (χ1v) is 2.35. The van der Waals surface area contributed by atoms with Gasteiger partial charge >= 0.3 is 59.2 Å². The smallest absolute Gasteiger partial charge is 0.693 e. The van der Waals surface area contributed by atoms with Crippen LogP contribution in [-0.2, 0) is 4.57 Å². The molecule has 0 unspecified atom stereocenters. The van der Waals surface area contributed by atoms with E-state index in [-0.39, 0.29) is 57.5 Å². The van der Waals surface area contributed by atoms with Crippen LogP contribution in [0.5, 0.6) is 0 Å². The van der Waals surface area contributed by atoms with Gasteiger partial charge in [-0.1, -0.05) is 0 Å². The summed E-state index contributed by atoms with van der Waals surface area (Å²) in [6.45, 7) is 0. The average Bonchev–Trinajstić information content (AvgIpc) is 0.722. The molecule has 0 aromatic heterocycles. The Morgan fingerprint density at radius 2 is 1.14 bits per heavy atom. The van der Waals surface area contributed by atoms with Gasteiger partial charge in [-0.25, -0.2) is 4.57 Å². The predicted octanol–water partition coefficient (Wildman–Crippen LogP) is -3.21. The predicted molar refractivity (Wildman–Crippen MR) is 19.5 cm³/mol. The van der Waals surface area contributed by atoms with Crippen molar-refractivity contribution in [2.24, 2.45) is 0 Å². The van der Waals surface area contributed by atoms with Crippen LogP contribution in [0.1, 0.15) is 0 Å². The van der Waals surface area contributed by atoms with E-state index in [9.17, 15) is 0 Å². The fraction of sp³-hybridized carbons (Fsp3) is 0. The van der Waals surface area contributed by atoms with E-state index in [0.717, 1.165) is 0 Å². The van der Waals surface area contributed by atoms with Gasteiger partial charge in [0.2, 0.25) is 0 Å². The molecule has 0 aromatic rings. The molecular weight excluding hydrogens is 148 g/mol. The van der Waals surface area contributed by atoms with Gasteiger partial charge in [-0.15, -0.1) is 0 Å². The maximum atomic E-state index is 8.88. The first-order valence-electron chi connectivity index (χ1n) is 0.783. The van der Waals surface area contributed by atoms with Crippen molar-refractivity contribution in [3.05, 3.63) is 6.15 Å². The quantitative estimate of drug-likeness (QED) is 0.251. The third-order valence-electron chi connectivity index (χ3n) is 0. The SMILES string of the molecule is O=P(O)(O)O.[K+].[NH2-]. The van der Waals surface area contributed by atoms with E-state index >= 15 is 0 Å². The molecule has 40 valence electrons. The minimum atomic E-state index is -4.64. The molecule has 0 atom stereocenters. The summed E-state index contributed by atoms with van der Waals surface area (Å²) in [6, 6.07) is 0. The maximum Gasteiger partial charge on any atom is 1.00 e. The molecule has 0 amide bonds. The van der Waals surface area contributed by atoms with Crippen LogP contribution in [0.3, 0.4) is 0 Å². The van der Waals surface area contributed by atoms with Crippen molar-refractivity contribution >= 4 is 7.82 Å². The Kier molecular flexibility index (Phi) is 13.2. The topological polar surface area (TPSA) is 111 Å². The van der Waals surface area contributed by atoms with Crippen LogP contribution in [0.15, 0.2) is 0 Å². The summed E-state index contributed by atoms with van der Waals surface area (Å²) in [5, 5.41) is 0. The Labute approximate surface area is 83.4 Å². The van der Waals surface area contributed by atoms with E-state index in [1.807, 2.05) is 0 Å². The minimum Gasteiger partial charge on any atom is -0.693 e. The molecule has 0 spiro atoms. The second-order valence-corrected chi connectivity index (χ2v) is 1.54. The Morgan fingerprint density at radius 3 is 1.14 bits per heavy atom. The third-order valence-corrected chi connectivity index (χ3v) is 0. The molecule has 5 N–H and O–H groups in total. The molecule has 0 rings (SSSR count). The van der Waals surface area contributed by atoms with Crippen LogP contribution in [0.4, 0.5) is 0 Å². The second-order valence-electron chi connectivity index (χ2n) is 0.513. The molecule has 0 bridgehead atoms. The maximum absolute atomic E-state index is 8.88. The summed E-state index contributed by atoms with van der Waals surface area (Å²) in [4.78, 5) is 21.6. The third kappa shape index (κ3) is 86.2. The molecular formula is H5KNO4P. The molecule has 0 saturated carbocycles. The molecule has 0 aliphatic heterocycles. The van der Waals surface area contributed by atoms with E-state index in [1.54, 1.807) is 0 Å². The summed E-state index contributed by atoms with van der Waals surface area (Å²) in [7, 11) is -4.64. The van der Waals surface area contributed by atoms with Crippen molar-refractivity contribution in [1.29, 1.82) is 0 Å².